The molecule has 0 aromatic heterocycles. The summed E-state index contributed by atoms with van der Waals surface area (Å²) < 4.78 is 5.52. The molecule has 2 rings (SSSR count). The first-order valence-corrected chi connectivity index (χ1v) is 7.66. The number of rotatable bonds is 2. The Morgan fingerprint density at radius 3 is 2.67 bits per heavy atom. The first-order chi connectivity index (χ1) is 9.76. The Balaban J connectivity index is 2.26. The number of hydrogen-bond acceptors (Lipinski definition) is 3. The van der Waals surface area contributed by atoms with Gasteiger partial charge < -0.3 is 10.1 Å². The Morgan fingerprint density at radius 2 is 2.05 bits per heavy atom. The summed E-state index contributed by atoms with van der Waals surface area (Å²) in [4.78, 5) is 14.2. The molecular formula is C17H26N2O2. The number of aryl methyl sites for hydroxylation is 1. The van der Waals surface area contributed by atoms with Crippen molar-refractivity contribution in [3.05, 3.63) is 23.8 Å². The van der Waals surface area contributed by atoms with Crippen molar-refractivity contribution in [2.75, 3.05) is 16.8 Å². The fraction of sp³-hybridized carbons (Fsp3) is 0.588. The molecule has 0 unspecified atom stereocenters. The van der Waals surface area contributed by atoms with Gasteiger partial charge in [-0.25, -0.2) is 4.79 Å². The van der Waals surface area contributed by atoms with Gasteiger partial charge in [-0.3, -0.25) is 4.90 Å². The summed E-state index contributed by atoms with van der Waals surface area (Å²) in [7, 11) is 0. The van der Waals surface area contributed by atoms with E-state index in [-0.39, 0.29) is 6.09 Å². The van der Waals surface area contributed by atoms with Gasteiger partial charge >= 0.3 is 6.09 Å². The van der Waals surface area contributed by atoms with Crippen LogP contribution < -0.4 is 10.2 Å². The average molecular weight is 290 g/mol. The highest BCUT2D eigenvalue weighted by Gasteiger charge is 2.27. The zero-order chi connectivity index (χ0) is 15.6. The van der Waals surface area contributed by atoms with Gasteiger partial charge in [0.25, 0.3) is 0 Å². The lowest BCUT2D eigenvalue weighted by atomic mass is 10.0. The second-order valence-electron chi connectivity index (χ2n) is 6.88. The normalized spacial score (nSPS) is 14.9. The van der Waals surface area contributed by atoms with Crippen LogP contribution in [0.2, 0.25) is 0 Å². The van der Waals surface area contributed by atoms with Gasteiger partial charge in [-0.05, 0) is 65.2 Å². The van der Waals surface area contributed by atoms with E-state index >= 15 is 0 Å². The van der Waals surface area contributed by atoms with Gasteiger partial charge in [0, 0.05) is 18.3 Å². The molecule has 1 aromatic rings. The zero-order valence-corrected chi connectivity index (χ0v) is 13.7. The molecule has 4 nitrogen and oxygen atoms in total. The summed E-state index contributed by atoms with van der Waals surface area (Å²) in [6.07, 6.45) is 1.73. The molecule has 0 bridgehead atoms. The maximum atomic E-state index is 12.4. The predicted octanol–water partition coefficient (Wildman–Crippen LogP) is 4.19. The van der Waals surface area contributed by atoms with Crippen molar-refractivity contribution < 1.29 is 9.53 Å². The molecule has 1 N–H and O–H groups in total. The van der Waals surface area contributed by atoms with Crippen LogP contribution in [-0.4, -0.2) is 24.3 Å². The second kappa shape index (κ2) is 5.96. The van der Waals surface area contributed by atoms with Crippen molar-refractivity contribution in [3.63, 3.8) is 0 Å². The van der Waals surface area contributed by atoms with E-state index in [9.17, 15) is 4.79 Å². The number of benzene rings is 1. The van der Waals surface area contributed by atoms with Gasteiger partial charge in [0.05, 0.1) is 5.69 Å². The molecule has 1 aliphatic heterocycles. The standard InChI is InChI=1S/C17H26N2O2/c1-12(2)18-14-9-8-13-7-6-10-19(15(13)11-14)16(20)21-17(3,4)5/h8-9,11-12,18H,6-7,10H2,1-5H3. The first kappa shape index (κ1) is 15.7. The zero-order valence-electron chi connectivity index (χ0n) is 13.7. The molecular weight excluding hydrogens is 264 g/mol. The molecule has 116 valence electrons. The molecule has 21 heavy (non-hydrogen) atoms. The molecule has 1 amide bonds. The van der Waals surface area contributed by atoms with Crippen LogP contribution in [0.25, 0.3) is 0 Å². The first-order valence-electron chi connectivity index (χ1n) is 7.66. The highest BCUT2D eigenvalue weighted by Crippen LogP contribution is 2.31. The number of carbonyl (C=O) groups is 1. The molecule has 4 heteroatoms. The van der Waals surface area contributed by atoms with Crippen LogP contribution in [0.15, 0.2) is 18.2 Å². The number of hydrogen-bond donors (Lipinski definition) is 1. The van der Waals surface area contributed by atoms with Crippen LogP contribution >= 0.6 is 0 Å². The molecule has 0 radical (unpaired) electrons. The predicted molar refractivity (Wildman–Crippen MR) is 87.1 cm³/mol. The summed E-state index contributed by atoms with van der Waals surface area (Å²) in [5.41, 5.74) is 2.75. The lowest BCUT2D eigenvalue weighted by Crippen LogP contribution is -2.39. The van der Waals surface area contributed by atoms with Crippen LogP contribution in [0.4, 0.5) is 16.2 Å². The van der Waals surface area contributed by atoms with E-state index in [2.05, 4.69) is 37.4 Å². The molecule has 1 aliphatic rings. The highest BCUT2D eigenvalue weighted by atomic mass is 16.6. The molecule has 1 aromatic carbocycles. The van der Waals surface area contributed by atoms with Crippen molar-refractivity contribution in [3.8, 4) is 0 Å². The number of fused-ring (bicyclic) bond motifs is 1. The Kier molecular flexibility index (Phi) is 4.45. The van der Waals surface area contributed by atoms with Crippen molar-refractivity contribution in [2.45, 2.75) is 59.1 Å². The number of nitrogens with one attached hydrogen (secondary N) is 1. The van der Waals surface area contributed by atoms with E-state index < -0.39 is 5.60 Å². The van der Waals surface area contributed by atoms with Gasteiger partial charge in [-0.2, -0.15) is 0 Å². The van der Waals surface area contributed by atoms with E-state index in [0.717, 1.165) is 24.2 Å². The van der Waals surface area contributed by atoms with Crippen LogP contribution in [0.1, 0.15) is 46.6 Å². The van der Waals surface area contributed by atoms with Gasteiger partial charge in [0.1, 0.15) is 5.60 Å². The topological polar surface area (TPSA) is 41.6 Å². The maximum absolute atomic E-state index is 12.4. The largest absolute Gasteiger partial charge is 0.443 e. The number of ether oxygens (including phenoxy) is 1. The lowest BCUT2D eigenvalue weighted by Gasteiger charge is -2.32. The van der Waals surface area contributed by atoms with Gasteiger partial charge in [0.15, 0.2) is 0 Å². The average Bonchev–Trinajstić information content (AvgIpc) is 2.35. The van der Waals surface area contributed by atoms with E-state index in [1.807, 2.05) is 20.8 Å². The number of anilines is 2. The fourth-order valence-corrected chi connectivity index (χ4v) is 2.50. The second-order valence-corrected chi connectivity index (χ2v) is 6.88. The van der Waals surface area contributed by atoms with E-state index in [4.69, 9.17) is 4.74 Å². The summed E-state index contributed by atoms with van der Waals surface area (Å²) >= 11 is 0. The van der Waals surface area contributed by atoms with Crippen LogP contribution in [0, 0.1) is 0 Å². The van der Waals surface area contributed by atoms with Crippen molar-refractivity contribution >= 4 is 17.5 Å². The van der Waals surface area contributed by atoms with E-state index in [1.165, 1.54) is 5.56 Å². The lowest BCUT2D eigenvalue weighted by molar-refractivity contribution is 0.0578. The fourth-order valence-electron chi connectivity index (χ4n) is 2.50. The van der Waals surface area contributed by atoms with Crippen molar-refractivity contribution in [1.29, 1.82) is 0 Å². The van der Waals surface area contributed by atoms with Crippen LogP contribution in [0.5, 0.6) is 0 Å². The minimum absolute atomic E-state index is 0.259. The van der Waals surface area contributed by atoms with Crippen LogP contribution in [-0.2, 0) is 11.2 Å². The van der Waals surface area contributed by atoms with Gasteiger partial charge in [-0.1, -0.05) is 6.07 Å². The SMILES string of the molecule is CC(C)Nc1ccc2c(c1)N(C(=O)OC(C)(C)C)CCC2. The molecule has 0 fully saturated rings. The summed E-state index contributed by atoms with van der Waals surface area (Å²) in [5.74, 6) is 0. The van der Waals surface area contributed by atoms with Gasteiger partial charge in [0.2, 0.25) is 0 Å². The third-order valence-electron chi connectivity index (χ3n) is 3.27. The van der Waals surface area contributed by atoms with E-state index in [0.29, 0.717) is 12.6 Å². The summed E-state index contributed by atoms with van der Waals surface area (Å²) in [5, 5.41) is 3.38. The Labute approximate surface area is 127 Å². The number of carbonyl (C=O) groups excluding carboxylic acids is 1. The molecule has 0 saturated carbocycles. The summed E-state index contributed by atoms with van der Waals surface area (Å²) in [6.45, 7) is 10.6. The van der Waals surface area contributed by atoms with Gasteiger partial charge in [-0.15, -0.1) is 0 Å². The molecule has 0 aliphatic carbocycles. The monoisotopic (exact) mass is 290 g/mol. The van der Waals surface area contributed by atoms with Crippen LogP contribution in [0.3, 0.4) is 0 Å². The summed E-state index contributed by atoms with van der Waals surface area (Å²) in [6, 6.07) is 6.61. The molecule has 0 atom stereocenters. The third-order valence-corrected chi connectivity index (χ3v) is 3.27. The van der Waals surface area contributed by atoms with Crippen molar-refractivity contribution in [1.82, 2.24) is 0 Å². The third kappa shape index (κ3) is 4.13. The molecule has 0 saturated heterocycles. The minimum Gasteiger partial charge on any atom is -0.443 e. The highest BCUT2D eigenvalue weighted by molar-refractivity contribution is 5.90. The van der Waals surface area contributed by atoms with E-state index in [1.54, 1.807) is 4.90 Å². The minimum atomic E-state index is -0.470. The number of amides is 1. The smallest absolute Gasteiger partial charge is 0.414 e. The van der Waals surface area contributed by atoms with Crippen molar-refractivity contribution in [2.24, 2.45) is 0 Å². The molecule has 1 heterocycles. The maximum Gasteiger partial charge on any atom is 0.414 e. The number of nitrogens with zero attached hydrogens (tertiary/aromatic N) is 1. The Hall–Kier alpha value is -1.71. The Morgan fingerprint density at radius 1 is 1.33 bits per heavy atom. The quantitative estimate of drug-likeness (QED) is 0.887. The Bertz CT molecular complexity index is 518. The molecule has 0 spiro atoms.